The van der Waals surface area contributed by atoms with E-state index in [-0.39, 0.29) is 9.90 Å². The van der Waals surface area contributed by atoms with E-state index in [9.17, 15) is 9.59 Å². The summed E-state index contributed by atoms with van der Waals surface area (Å²) in [6.07, 6.45) is 0. The largest absolute Gasteiger partial charge is 0.480 e. The molecule has 1 heterocycles. The molecule has 8 heteroatoms. The third kappa shape index (κ3) is 2.88. The fourth-order valence-corrected chi connectivity index (χ4v) is 3.29. The van der Waals surface area contributed by atoms with Crippen LogP contribution in [0.15, 0.2) is 18.2 Å². The Kier molecular flexibility index (Phi) is 4.49. The van der Waals surface area contributed by atoms with Gasteiger partial charge in [-0.25, -0.2) is 4.79 Å². The number of aliphatic carboxylic acids is 1. The second-order valence-corrected chi connectivity index (χ2v) is 5.80. The molecular formula is C12H9Cl2NO4S. The van der Waals surface area contributed by atoms with Gasteiger partial charge in [0.15, 0.2) is 6.04 Å². The molecule has 0 aliphatic rings. The van der Waals surface area contributed by atoms with Crippen molar-refractivity contribution in [2.75, 3.05) is 6.61 Å². The van der Waals surface area contributed by atoms with Gasteiger partial charge >= 0.3 is 5.97 Å². The number of fused-ring (bicyclic) bond motifs is 1. The Balaban J connectivity index is 2.35. The molecule has 0 saturated carbocycles. The summed E-state index contributed by atoms with van der Waals surface area (Å²) in [5.41, 5.74) is 0. The normalized spacial score (nSPS) is 12.3. The molecule has 2 aromatic rings. The first kappa shape index (κ1) is 15.1. The molecule has 0 fully saturated rings. The van der Waals surface area contributed by atoms with Gasteiger partial charge in [-0.2, -0.15) is 0 Å². The summed E-state index contributed by atoms with van der Waals surface area (Å²) in [6.45, 7) is -0.699. The fourth-order valence-electron chi connectivity index (χ4n) is 1.59. The number of rotatable bonds is 4. The highest BCUT2D eigenvalue weighted by Crippen LogP contribution is 2.36. The summed E-state index contributed by atoms with van der Waals surface area (Å²) in [4.78, 5) is 23.0. The maximum absolute atomic E-state index is 12.0. The number of carboxylic acid groups (broad SMARTS) is 1. The molecule has 0 aliphatic heterocycles. The van der Waals surface area contributed by atoms with Crippen LogP contribution in [0, 0.1) is 0 Å². The number of carbonyl (C=O) groups is 2. The summed E-state index contributed by atoms with van der Waals surface area (Å²) in [5, 5.41) is 21.3. The maximum atomic E-state index is 12.0. The van der Waals surface area contributed by atoms with E-state index in [1.165, 1.54) is 0 Å². The Morgan fingerprint density at radius 1 is 1.35 bits per heavy atom. The average molecular weight is 334 g/mol. The summed E-state index contributed by atoms with van der Waals surface area (Å²) in [7, 11) is 0. The molecule has 0 spiro atoms. The van der Waals surface area contributed by atoms with Crippen molar-refractivity contribution in [1.29, 1.82) is 0 Å². The highest BCUT2D eigenvalue weighted by molar-refractivity contribution is 7.21. The predicted molar refractivity (Wildman–Crippen MR) is 77.8 cm³/mol. The number of nitrogens with one attached hydrogen (secondary N) is 1. The monoisotopic (exact) mass is 333 g/mol. The van der Waals surface area contributed by atoms with Gasteiger partial charge in [0.2, 0.25) is 0 Å². The maximum Gasteiger partial charge on any atom is 0.328 e. The van der Waals surface area contributed by atoms with Crippen LogP contribution in [-0.2, 0) is 4.79 Å². The lowest BCUT2D eigenvalue weighted by atomic mass is 10.2. The van der Waals surface area contributed by atoms with E-state index < -0.39 is 24.5 Å². The third-order valence-electron chi connectivity index (χ3n) is 2.58. The van der Waals surface area contributed by atoms with Crippen molar-refractivity contribution >= 4 is 56.5 Å². The summed E-state index contributed by atoms with van der Waals surface area (Å²) < 4.78 is 0.725. The topological polar surface area (TPSA) is 86.6 Å². The molecule has 20 heavy (non-hydrogen) atoms. The molecule has 1 amide bonds. The molecule has 0 radical (unpaired) electrons. The number of aliphatic hydroxyl groups is 1. The highest BCUT2D eigenvalue weighted by Gasteiger charge is 2.23. The minimum Gasteiger partial charge on any atom is -0.480 e. The number of thiophene rings is 1. The highest BCUT2D eigenvalue weighted by atomic mass is 35.5. The number of halogens is 2. The lowest BCUT2D eigenvalue weighted by molar-refractivity contribution is -0.140. The summed E-state index contributed by atoms with van der Waals surface area (Å²) >= 11 is 13.1. The molecular weight excluding hydrogens is 325 g/mol. The van der Waals surface area contributed by atoms with E-state index in [2.05, 4.69) is 5.32 Å². The van der Waals surface area contributed by atoms with Crippen LogP contribution < -0.4 is 5.32 Å². The molecule has 1 aromatic carbocycles. The first-order chi connectivity index (χ1) is 9.43. The van der Waals surface area contributed by atoms with Gasteiger partial charge in [-0.05, 0) is 12.1 Å². The first-order valence-corrected chi connectivity index (χ1v) is 7.03. The number of amides is 1. The van der Waals surface area contributed by atoms with Crippen LogP contribution in [0.5, 0.6) is 0 Å². The summed E-state index contributed by atoms with van der Waals surface area (Å²) in [6, 6.07) is 3.64. The van der Waals surface area contributed by atoms with Gasteiger partial charge in [0.1, 0.15) is 4.88 Å². The van der Waals surface area contributed by atoms with E-state index in [0.29, 0.717) is 10.4 Å². The second-order valence-electron chi connectivity index (χ2n) is 3.93. The standard InChI is InChI=1S/C12H9Cl2NO4S/c13-5-1-2-6-8(3-5)20-10(9(6)14)11(17)15-7(4-16)12(18)19/h1-3,7,16H,4H2,(H,15,17)(H,18,19)/t7-/m1/s1. The average Bonchev–Trinajstić information content (AvgIpc) is 2.72. The Labute approximate surface area is 127 Å². The quantitative estimate of drug-likeness (QED) is 0.801. The lowest BCUT2D eigenvalue weighted by Gasteiger charge is -2.10. The molecule has 5 nitrogen and oxygen atoms in total. The third-order valence-corrected chi connectivity index (χ3v) is 4.47. The van der Waals surface area contributed by atoms with Gasteiger partial charge in [-0.15, -0.1) is 11.3 Å². The van der Waals surface area contributed by atoms with Crippen molar-refractivity contribution < 1.29 is 19.8 Å². The Morgan fingerprint density at radius 3 is 2.65 bits per heavy atom. The molecule has 0 unspecified atom stereocenters. The van der Waals surface area contributed by atoms with Gasteiger partial charge in [0.05, 0.1) is 11.6 Å². The number of aliphatic hydroxyl groups excluding tert-OH is 1. The van der Waals surface area contributed by atoms with Gasteiger partial charge in [0.25, 0.3) is 5.91 Å². The van der Waals surface area contributed by atoms with Crippen LogP contribution in [0.25, 0.3) is 10.1 Å². The van der Waals surface area contributed by atoms with Crippen LogP contribution in [0.4, 0.5) is 0 Å². The molecule has 2 rings (SSSR count). The molecule has 0 saturated heterocycles. The van der Waals surface area contributed by atoms with Crippen molar-refractivity contribution in [3.8, 4) is 0 Å². The van der Waals surface area contributed by atoms with Crippen molar-refractivity contribution in [3.63, 3.8) is 0 Å². The smallest absolute Gasteiger partial charge is 0.328 e. The van der Waals surface area contributed by atoms with E-state index in [1.807, 2.05) is 0 Å². The van der Waals surface area contributed by atoms with Gasteiger partial charge in [0, 0.05) is 15.1 Å². The van der Waals surface area contributed by atoms with E-state index in [4.69, 9.17) is 33.4 Å². The molecule has 3 N–H and O–H groups in total. The predicted octanol–water partition coefficient (Wildman–Crippen LogP) is 2.38. The molecule has 1 aromatic heterocycles. The molecule has 106 valence electrons. The minimum atomic E-state index is -1.37. The molecule has 1 atom stereocenters. The van der Waals surface area contributed by atoms with Gasteiger partial charge < -0.3 is 15.5 Å². The number of benzene rings is 1. The van der Waals surface area contributed by atoms with Crippen LogP contribution in [0.3, 0.4) is 0 Å². The molecule has 0 bridgehead atoms. The number of hydrogen-bond acceptors (Lipinski definition) is 4. The van der Waals surface area contributed by atoms with Gasteiger partial charge in [-0.3, -0.25) is 4.79 Å². The van der Waals surface area contributed by atoms with E-state index in [0.717, 1.165) is 16.0 Å². The van der Waals surface area contributed by atoms with Gasteiger partial charge in [-0.1, -0.05) is 29.3 Å². The SMILES string of the molecule is O=C(N[C@H](CO)C(=O)O)c1sc2cc(Cl)ccc2c1Cl. The number of hydrogen-bond donors (Lipinski definition) is 3. The lowest BCUT2D eigenvalue weighted by Crippen LogP contribution is -2.43. The van der Waals surface area contributed by atoms with Crippen molar-refractivity contribution in [3.05, 3.63) is 33.1 Å². The Morgan fingerprint density at radius 2 is 2.05 bits per heavy atom. The molecule has 0 aliphatic carbocycles. The van der Waals surface area contributed by atoms with E-state index in [1.54, 1.807) is 18.2 Å². The number of carbonyl (C=O) groups excluding carboxylic acids is 1. The van der Waals surface area contributed by atoms with Crippen LogP contribution in [-0.4, -0.2) is 34.7 Å². The first-order valence-electron chi connectivity index (χ1n) is 5.46. The Hall–Kier alpha value is -1.34. The van der Waals surface area contributed by atoms with Crippen LogP contribution in [0.2, 0.25) is 10.0 Å². The zero-order chi connectivity index (χ0) is 14.9. The van der Waals surface area contributed by atoms with Crippen LogP contribution >= 0.6 is 34.5 Å². The fraction of sp³-hybridized carbons (Fsp3) is 0.167. The number of carboxylic acids is 1. The van der Waals surface area contributed by atoms with E-state index >= 15 is 0 Å². The van der Waals surface area contributed by atoms with Crippen molar-refractivity contribution in [2.45, 2.75) is 6.04 Å². The minimum absolute atomic E-state index is 0.184. The van der Waals surface area contributed by atoms with Crippen molar-refractivity contribution in [2.24, 2.45) is 0 Å². The summed E-state index contributed by atoms with van der Waals surface area (Å²) in [5.74, 6) is -1.96. The zero-order valence-corrected chi connectivity index (χ0v) is 12.2. The Bertz CT molecular complexity index is 685. The van der Waals surface area contributed by atoms with Crippen molar-refractivity contribution in [1.82, 2.24) is 5.32 Å². The van der Waals surface area contributed by atoms with Crippen LogP contribution in [0.1, 0.15) is 9.67 Å². The zero-order valence-electron chi connectivity index (χ0n) is 9.89. The second kappa shape index (κ2) is 5.97.